The maximum Gasteiger partial charge on any atom is 0.326 e. The molecule has 0 spiro atoms. The average Bonchev–Trinajstić information content (AvgIpc) is 3.04. The van der Waals surface area contributed by atoms with Crippen LogP contribution in [0.1, 0.15) is 12.5 Å². The van der Waals surface area contributed by atoms with E-state index in [2.05, 4.69) is 28.3 Å². The Morgan fingerprint density at radius 2 is 2.00 bits per heavy atom. The first-order valence-corrected chi connectivity index (χ1v) is 9.02. The fourth-order valence-corrected chi connectivity index (χ4v) is 3.95. The molecular formula is C22H18N4O. The molecule has 5 nitrogen and oxygen atoms in total. The average molecular weight is 354 g/mol. The van der Waals surface area contributed by atoms with Gasteiger partial charge in [0.15, 0.2) is 0 Å². The van der Waals surface area contributed by atoms with Gasteiger partial charge in [0, 0.05) is 41.1 Å². The van der Waals surface area contributed by atoms with E-state index in [1.807, 2.05) is 53.6 Å². The molecule has 5 rings (SSSR count). The molecule has 27 heavy (non-hydrogen) atoms. The highest BCUT2D eigenvalue weighted by Gasteiger charge is 2.30. The Hall–Kier alpha value is -3.47. The topological polar surface area (TPSA) is 58.1 Å². The Balaban J connectivity index is 1.59. The molecule has 1 aliphatic heterocycles. The highest BCUT2D eigenvalue weighted by molar-refractivity contribution is 6.15. The largest absolute Gasteiger partial charge is 0.326 e. The lowest BCUT2D eigenvalue weighted by Gasteiger charge is -2.23. The normalized spacial score (nSPS) is 15.9. The van der Waals surface area contributed by atoms with Gasteiger partial charge in [-0.05, 0) is 54.6 Å². The molecule has 0 unspecified atom stereocenters. The quantitative estimate of drug-likeness (QED) is 0.501. The summed E-state index contributed by atoms with van der Waals surface area (Å²) < 4.78 is 0. The smallest absolute Gasteiger partial charge is 0.307 e. The van der Waals surface area contributed by atoms with Crippen LogP contribution in [0, 0.1) is 0 Å². The van der Waals surface area contributed by atoms with E-state index in [-0.39, 0.29) is 12.1 Å². The van der Waals surface area contributed by atoms with E-state index in [0.29, 0.717) is 0 Å². The zero-order valence-corrected chi connectivity index (χ0v) is 14.9. The van der Waals surface area contributed by atoms with E-state index in [1.165, 1.54) is 5.56 Å². The van der Waals surface area contributed by atoms with Gasteiger partial charge >= 0.3 is 6.03 Å². The second-order valence-corrected chi connectivity index (χ2v) is 6.90. The summed E-state index contributed by atoms with van der Waals surface area (Å²) in [5.41, 5.74) is 3.79. The number of rotatable bonds is 1. The van der Waals surface area contributed by atoms with Crippen molar-refractivity contribution in [3.8, 4) is 0 Å². The number of hydrogen-bond donors (Lipinski definition) is 1. The van der Waals surface area contributed by atoms with Gasteiger partial charge in [0.1, 0.15) is 0 Å². The van der Waals surface area contributed by atoms with Gasteiger partial charge in [0.2, 0.25) is 0 Å². The summed E-state index contributed by atoms with van der Waals surface area (Å²) >= 11 is 0. The number of carbonyl (C=O) groups excluding carboxylic acids is 1. The summed E-state index contributed by atoms with van der Waals surface area (Å²) in [6.07, 6.45) is 6.20. The summed E-state index contributed by atoms with van der Waals surface area (Å²) in [5, 5.41) is 6.00. The Labute approximate surface area is 156 Å². The molecule has 132 valence electrons. The molecule has 0 saturated heterocycles. The maximum absolute atomic E-state index is 13.1. The predicted molar refractivity (Wildman–Crippen MR) is 108 cm³/mol. The molecule has 2 aromatic heterocycles. The van der Waals surface area contributed by atoms with Gasteiger partial charge in [-0.1, -0.05) is 18.2 Å². The number of hydrogen-bond acceptors (Lipinski definition) is 3. The zero-order chi connectivity index (χ0) is 18.4. The van der Waals surface area contributed by atoms with E-state index in [1.54, 1.807) is 12.4 Å². The molecule has 0 aliphatic carbocycles. The number of aromatic nitrogens is 2. The van der Waals surface area contributed by atoms with Crippen LogP contribution in [0.3, 0.4) is 0 Å². The lowest BCUT2D eigenvalue weighted by Crippen LogP contribution is -2.39. The van der Waals surface area contributed by atoms with Crippen LogP contribution in [0.2, 0.25) is 0 Å². The van der Waals surface area contributed by atoms with Crippen LogP contribution < -0.4 is 10.2 Å². The van der Waals surface area contributed by atoms with Gasteiger partial charge in [-0.2, -0.15) is 0 Å². The van der Waals surface area contributed by atoms with Crippen LogP contribution in [0.15, 0.2) is 67.1 Å². The van der Waals surface area contributed by atoms with Crippen molar-refractivity contribution < 1.29 is 4.79 Å². The number of urea groups is 1. The fraction of sp³-hybridized carbons (Fsp3) is 0.136. The fourth-order valence-electron chi connectivity index (χ4n) is 3.95. The van der Waals surface area contributed by atoms with Gasteiger partial charge in [0.05, 0.1) is 11.2 Å². The second kappa shape index (κ2) is 6.06. The van der Waals surface area contributed by atoms with Crippen molar-refractivity contribution in [2.24, 2.45) is 0 Å². The molecule has 3 heterocycles. The molecular weight excluding hydrogens is 336 g/mol. The highest BCUT2D eigenvalue weighted by atomic mass is 16.2. The number of fused-ring (bicyclic) bond motifs is 4. The van der Waals surface area contributed by atoms with Crippen LogP contribution >= 0.6 is 0 Å². The molecule has 0 saturated carbocycles. The third-order valence-corrected chi connectivity index (χ3v) is 5.18. The number of nitrogens with zero attached hydrogens (tertiary/aromatic N) is 3. The number of pyridine rings is 2. The third kappa shape index (κ3) is 2.51. The monoisotopic (exact) mass is 354 g/mol. The molecule has 0 bridgehead atoms. The van der Waals surface area contributed by atoms with Gasteiger partial charge in [-0.25, -0.2) is 4.79 Å². The molecule has 5 heteroatoms. The highest BCUT2D eigenvalue weighted by Crippen LogP contribution is 2.34. The van der Waals surface area contributed by atoms with Gasteiger partial charge in [-0.3, -0.25) is 14.9 Å². The third-order valence-electron chi connectivity index (χ3n) is 5.18. The molecule has 1 atom stereocenters. The first-order valence-electron chi connectivity index (χ1n) is 9.02. The van der Waals surface area contributed by atoms with Crippen LogP contribution in [-0.4, -0.2) is 22.0 Å². The Morgan fingerprint density at radius 1 is 1.11 bits per heavy atom. The summed E-state index contributed by atoms with van der Waals surface area (Å²) in [6, 6.07) is 15.9. The number of nitrogens with one attached hydrogen (secondary N) is 1. The SMILES string of the molecule is C[C@@H]1Cc2ccccc2N1C(=O)Nc1cc2ccncc2c2ncccc12. The minimum Gasteiger partial charge on any atom is -0.307 e. The molecule has 4 aromatic rings. The number of anilines is 2. The van der Waals surface area contributed by atoms with Gasteiger partial charge in [0.25, 0.3) is 0 Å². The minimum absolute atomic E-state index is 0.119. The summed E-state index contributed by atoms with van der Waals surface area (Å²) in [7, 11) is 0. The number of benzene rings is 2. The summed E-state index contributed by atoms with van der Waals surface area (Å²) in [4.78, 5) is 23.7. The zero-order valence-electron chi connectivity index (χ0n) is 14.9. The first-order chi connectivity index (χ1) is 13.2. The first kappa shape index (κ1) is 15.8. The van der Waals surface area contributed by atoms with Crippen LogP contribution in [0.5, 0.6) is 0 Å². The van der Waals surface area contributed by atoms with Crippen molar-refractivity contribution in [2.75, 3.05) is 10.2 Å². The van der Waals surface area contributed by atoms with E-state index in [0.717, 1.165) is 39.5 Å². The second-order valence-electron chi connectivity index (χ2n) is 6.90. The Bertz CT molecular complexity index is 1190. The van der Waals surface area contributed by atoms with Gasteiger partial charge in [-0.15, -0.1) is 0 Å². The minimum atomic E-state index is -0.119. The summed E-state index contributed by atoms with van der Waals surface area (Å²) in [6.45, 7) is 2.07. The van der Waals surface area contributed by atoms with E-state index >= 15 is 0 Å². The summed E-state index contributed by atoms with van der Waals surface area (Å²) in [5.74, 6) is 0. The molecule has 1 N–H and O–H groups in total. The number of para-hydroxylation sites is 1. The van der Waals surface area contributed by atoms with Crippen molar-refractivity contribution in [1.82, 2.24) is 9.97 Å². The van der Waals surface area contributed by atoms with E-state index in [4.69, 9.17) is 0 Å². The van der Waals surface area contributed by atoms with Crippen LogP contribution in [0.4, 0.5) is 16.2 Å². The lowest BCUT2D eigenvalue weighted by atomic mass is 10.1. The van der Waals surface area contributed by atoms with E-state index < -0.39 is 0 Å². The number of amides is 2. The van der Waals surface area contributed by atoms with Crippen molar-refractivity contribution in [3.63, 3.8) is 0 Å². The van der Waals surface area contributed by atoms with E-state index in [9.17, 15) is 4.79 Å². The molecule has 2 aromatic carbocycles. The van der Waals surface area contributed by atoms with Crippen molar-refractivity contribution in [1.29, 1.82) is 0 Å². The van der Waals surface area contributed by atoms with Crippen LogP contribution in [-0.2, 0) is 6.42 Å². The van der Waals surface area contributed by atoms with Crippen molar-refractivity contribution in [3.05, 3.63) is 72.7 Å². The lowest BCUT2D eigenvalue weighted by molar-refractivity contribution is 0.256. The van der Waals surface area contributed by atoms with Gasteiger partial charge < -0.3 is 5.32 Å². The Morgan fingerprint density at radius 3 is 2.93 bits per heavy atom. The molecule has 0 radical (unpaired) electrons. The standard InChI is InChI=1S/C22H18N4O/c1-14-11-16-5-2-3-7-20(16)26(14)22(27)25-19-12-15-8-10-23-13-18(15)21-17(19)6-4-9-24-21/h2-10,12-14H,11H2,1H3,(H,25,27)/t14-/m1/s1. The number of carbonyl (C=O) groups is 1. The Kier molecular flexibility index (Phi) is 3.53. The van der Waals surface area contributed by atoms with Crippen molar-refractivity contribution in [2.45, 2.75) is 19.4 Å². The van der Waals surface area contributed by atoms with Crippen LogP contribution in [0.25, 0.3) is 21.7 Å². The molecule has 0 fully saturated rings. The molecule has 2 amide bonds. The molecule has 1 aliphatic rings. The maximum atomic E-state index is 13.1. The predicted octanol–water partition coefficient (Wildman–Crippen LogP) is 4.77. The van der Waals surface area contributed by atoms with Crippen molar-refractivity contribution >= 4 is 39.1 Å².